The van der Waals surface area contributed by atoms with Crippen LogP contribution in [0.15, 0.2) is 0 Å². The van der Waals surface area contributed by atoms with Crippen molar-refractivity contribution in [1.29, 1.82) is 0 Å². The fourth-order valence-electron chi connectivity index (χ4n) is 7.73. The summed E-state index contributed by atoms with van der Waals surface area (Å²) in [6, 6.07) is -1.09. The van der Waals surface area contributed by atoms with E-state index in [9.17, 15) is 24.3 Å². The summed E-state index contributed by atoms with van der Waals surface area (Å²) in [5, 5.41) is 14.5. The number of nitrogens with one attached hydrogen (secondary N) is 2. The molecule has 2 amide bonds. The first kappa shape index (κ1) is 21.8. The number of carboxylic acid groups (broad SMARTS) is 1. The minimum atomic E-state index is -1.15. The first-order chi connectivity index (χ1) is 15.0. The smallest absolute Gasteiger partial charge is 0.326 e. The maximum Gasteiger partial charge on any atom is 0.326 e. The van der Waals surface area contributed by atoms with Gasteiger partial charge in [0.2, 0.25) is 11.8 Å². The highest BCUT2D eigenvalue weighted by Gasteiger charge is 2.81. The van der Waals surface area contributed by atoms with Crippen LogP contribution >= 0.6 is 0 Å². The zero-order valence-corrected chi connectivity index (χ0v) is 18.8. The zero-order chi connectivity index (χ0) is 23.1. The van der Waals surface area contributed by atoms with Crippen LogP contribution in [0.3, 0.4) is 0 Å². The normalized spacial score (nSPS) is 45.7. The molecule has 6 fully saturated rings. The van der Waals surface area contributed by atoms with Crippen LogP contribution in [0.25, 0.3) is 0 Å². The van der Waals surface area contributed by atoms with Gasteiger partial charge in [-0.2, -0.15) is 0 Å². The van der Waals surface area contributed by atoms with Crippen molar-refractivity contribution in [2.24, 2.45) is 22.7 Å². The molecule has 0 aromatic carbocycles. The summed E-state index contributed by atoms with van der Waals surface area (Å²) in [7, 11) is 0. The third kappa shape index (κ3) is 3.04. The molecule has 1 spiro atoms. The van der Waals surface area contributed by atoms with E-state index in [1.807, 2.05) is 6.92 Å². The Labute approximate surface area is 187 Å². The number of ether oxygens (including phenoxy) is 2. The van der Waals surface area contributed by atoms with Gasteiger partial charge in [-0.1, -0.05) is 6.92 Å². The van der Waals surface area contributed by atoms with Crippen LogP contribution in [0.5, 0.6) is 0 Å². The van der Waals surface area contributed by atoms with Crippen molar-refractivity contribution in [3.63, 3.8) is 0 Å². The summed E-state index contributed by atoms with van der Waals surface area (Å²) >= 11 is 0. The molecule has 6 aliphatic rings. The zero-order valence-electron chi connectivity index (χ0n) is 18.8. The van der Waals surface area contributed by atoms with Crippen LogP contribution < -0.4 is 10.6 Å². The molecule has 4 bridgehead atoms. The average Bonchev–Trinajstić information content (AvgIpc) is 3.42. The van der Waals surface area contributed by atoms with Crippen LogP contribution in [-0.4, -0.2) is 65.2 Å². The van der Waals surface area contributed by atoms with Gasteiger partial charge in [-0.05, 0) is 44.9 Å². The van der Waals surface area contributed by atoms with E-state index in [4.69, 9.17) is 9.47 Å². The van der Waals surface area contributed by atoms with Gasteiger partial charge in [-0.3, -0.25) is 14.4 Å². The Hall–Kier alpha value is -2.00. The van der Waals surface area contributed by atoms with Crippen molar-refractivity contribution in [2.45, 2.75) is 89.3 Å². The topological polar surface area (TPSA) is 134 Å². The Kier molecular flexibility index (Phi) is 4.77. The number of Topliss-reactive ketones (excluding diaryl/α,β-unsaturated/α-hetero) is 1. The highest BCUT2D eigenvalue weighted by Crippen LogP contribution is 2.76. The van der Waals surface area contributed by atoms with Gasteiger partial charge in [0.25, 0.3) is 0 Å². The van der Waals surface area contributed by atoms with Crippen LogP contribution in [0.2, 0.25) is 0 Å². The standard InChI is InChI=1S/C23H32N2O7/c1-11(26)24-7-5-13(20(29)30)25-15(27)4-6-21(2)17-14-8-12-9-23(17,10-22(12,3)32-14)19-16(31-19)18(21)28/h12-14,16-17,19H,4-10H2,1-3H3,(H,24,26)(H,25,27)(H,29,30)/t12?,13-,14?,16-,17?,19-,21-,22?,23?/m0/s1. The molecule has 32 heavy (non-hydrogen) atoms. The van der Waals surface area contributed by atoms with Crippen LogP contribution in [0.4, 0.5) is 0 Å². The predicted octanol–water partition coefficient (Wildman–Crippen LogP) is 0.792. The molecule has 3 aliphatic carbocycles. The molecule has 6 rings (SSSR count). The Morgan fingerprint density at radius 2 is 2.03 bits per heavy atom. The third-order valence-corrected chi connectivity index (χ3v) is 8.98. The average molecular weight is 449 g/mol. The molecule has 0 aromatic heterocycles. The number of carbonyl (C=O) groups excluding carboxylic acids is 3. The lowest BCUT2D eigenvalue weighted by atomic mass is 9.48. The van der Waals surface area contributed by atoms with Crippen molar-refractivity contribution < 1.29 is 33.8 Å². The highest BCUT2D eigenvalue weighted by atomic mass is 16.6. The van der Waals surface area contributed by atoms with Crippen molar-refractivity contribution >= 4 is 23.6 Å². The molecule has 3 heterocycles. The number of carbonyl (C=O) groups is 4. The molecular weight excluding hydrogens is 416 g/mol. The van der Waals surface area contributed by atoms with Gasteiger partial charge in [0.1, 0.15) is 12.1 Å². The van der Waals surface area contributed by atoms with Crippen LogP contribution in [0.1, 0.15) is 59.3 Å². The minimum absolute atomic E-state index is 0.0110. The molecule has 3 saturated heterocycles. The van der Waals surface area contributed by atoms with Gasteiger partial charge < -0.3 is 25.2 Å². The number of rotatable bonds is 8. The summed E-state index contributed by atoms with van der Waals surface area (Å²) in [5.74, 6) is -1.20. The summed E-state index contributed by atoms with van der Waals surface area (Å²) in [4.78, 5) is 48.6. The van der Waals surface area contributed by atoms with Crippen molar-refractivity contribution in [3.8, 4) is 0 Å². The number of amides is 2. The predicted molar refractivity (Wildman–Crippen MR) is 110 cm³/mol. The molecule has 0 aromatic rings. The first-order valence-electron chi connectivity index (χ1n) is 11.6. The molecule has 3 aliphatic heterocycles. The molecule has 176 valence electrons. The SMILES string of the molecule is CC(=O)NCC[C@H](NC(=O)CC[C@]1(C)C(=O)[C@@H]2O[C@@H]2C23CC4CC(OC4(C)C2)C31)C(=O)O. The maximum atomic E-state index is 13.4. The molecule has 3 N–H and O–H groups in total. The molecule has 5 unspecified atom stereocenters. The maximum absolute atomic E-state index is 13.4. The number of hydrogen-bond donors (Lipinski definition) is 3. The van der Waals surface area contributed by atoms with Gasteiger partial charge in [0, 0.05) is 36.6 Å². The summed E-state index contributed by atoms with van der Waals surface area (Å²) < 4.78 is 12.4. The molecule has 9 nitrogen and oxygen atoms in total. The number of aliphatic carboxylic acids is 1. The second-order valence-electron chi connectivity index (χ2n) is 11.0. The van der Waals surface area contributed by atoms with Crippen molar-refractivity contribution in [3.05, 3.63) is 0 Å². The van der Waals surface area contributed by atoms with E-state index in [0.29, 0.717) is 12.3 Å². The van der Waals surface area contributed by atoms with Crippen molar-refractivity contribution in [2.75, 3.05) is 6.54 Å². The monoisotopic (exact) mass is 448 g/mol. The van der Waals surface area contributed by atoms with E-state index in [1.165, 1.54) is 6.92 Å². The third-order valence-electron chi connectivity index (χ3n) is 8.98. The lowest BCUT2D eigenvalue weighted by Crippen LogP contribution is -2.61. The van der Waals surface area contributed by atoms with Crippen LogP contribution in [-0.2, 0) is 28.7 Å². The summed E-state index contributed by atoms with van der Waals surface area (Å²) in [6.07, 6.45) is 3.01. The van der Waals surface area contributed by atoms with E-state index >= 15 is 0 Å². The molecule has 3 saturated carbocycles. The summed E-state index contributed by atoms with van der Waals surface area (Å²) in [5.41, 5.74) is -0.906. The van der Waals surface area contributed by atoms with E-state index in [0.717, 1.165) is 19.3 Å². The molecule has 9 atom stereocenters. The first-order valence-corrected chi connectivity index (χ1v) is 11.6. The second-order valence-corrected chi connectivity index (χ2v) is 11.0. The summed E-state index contributed by atoms with van der Waals surface area (Å²) in [6.45, 7) is 5.65. The largest absolute Gasteiger partial charge is 0.480 e. The number of ketones is 1. The van der Waals surface area contributed by atoms with E-state index in [-0.39, 0.29) is 66.3 Å². The molecule has 9 heteroatoms. The van der Waals surface area contributed by atoms with Gasteiger partial charge in [-0.25, -0.2) is 4.79 Å². The molecular formula is C23H32N2O7. The number of carboxylic acids is 1. The Morgan fingerprint density at radius 1 is 1.28 bits per heavy atom. The number of fused-ring (bicyclic) bond motifs is 1. The second kappa shape index (κ2) is 7.00. The Morgan fingerprint density at radius 3 is 2.69 bits per heavy atom. The van der Waals surface area contributed by atoms with Gasteiger partial charge in [-0.15, -0.1) is 0 Å². The lowest BCUT2D eigenvalue weighted by Gasteiger charge is -2.56. The molecule has 0 radical (unpaired) electrons. The quantitative estimate of drug-likeness (QED) is 0.467. The minimum Gasteiger partial charge on any atom is -0.480 e. The Bertz CT molecular complexity index is 892. The lowest BCUT2D eigenvalue weighted by molar-refractivity contribution is -0.186. The van der Waals surface area contributed by atoms with E-state index < -0.39 is 23.3 Å². The highest BCUT2D eigenvalue weighted by molar-refractivity contribution is 5.94. The fourth-order valence-corrected chi connectivity index (χ4v) is 7.73. The Balaban J connectivity index is 1.27. The number of hydrogen-bond acceptors (Lipinski definition) is 6. The van der Waals surface area contributed by atoms with Gasteiger partial charge >= 0.3 is 5.97 Å². The number of epoxide rings is 1. The van der Waals surface area contributed by atoms with Crippen molar-refractivity contribution in [1.82, 2.24) is 10.6 Å². The van der Waals surface area contributed by atoms with E-state index in [1.54, 1.807) is 0 Å². The van der Waals surface area contributed by atoms with Gasteiger partial charge in [0.05, 0.1) is 17.8 Å². The fraction of sp³-hybridized carbons (Fsp3) is 0.826. The van der Waals surface area contributed by atoms with Crippen LogP contribution in [0, 0.1) is 22.7 Å². The van der Waals surface area contributed by atoms with E-state index in [2.05, 4.69) is 17.6 Å². The van der Waals surface area contributed by atoms with Gasteiger partial charge in [0.15, 0.2) is 5.78 Å².